The molecule has 2 aromatic heterocycles. The minimum Gasteiger partial charge on any atom is -0.397 e. The minimum absolute atomic E-state index is 0.0958. The summed E-state index contributed by atoms with van der Waals surface area (Å²) >= 11 is 1.76. The van der Waals surface area contributed by atoms with Crippen LogP contribution in [0.25, 0.3) is 11.2 Å². The van der Waals surface area contributed by atoms with Gasteiger partial charge in [-0.3, -0.25) is 4.57 Å². The molecule has 3 atom stereocenters. The van der Waals surface area contributed by atoms with Crippen LogP contribution in [0.15, 0.2) is 18.6 Å². The van der Waals surface area contributed by atoms with Crippen LogP contribution < -0.4 is 5.73 Å². The van der Waals surface area contributed by atoms with E-state index in [9.17, 15) is 0 Å². The van der Waals surface area contributed by atoms with Gasteiger partial charge in [-0.25, -0.2) is 9.97 Å². The van der Waals surface area contributed by atoms with Gasteiger partial charge in [0.15, 0.2) is 5.65 Å². The number of fused-ring (bicyclic) bond motifs is 1. The quantitative estimate of drug-likeness (QED) is 0.924. The maximum Gasteiger partial charge on any atom is 0.164 e. The molecule has 0 spiro atoms. The number of hydrogen-bond donors (Lipinski definition) is 1. The van der Waals surface area contributed by atoms with Crippen molar-refractivity contribution >= 4 is 28.6 Å². The summed E-state index contributed by atoms with van der Waals surface area (Å²) in [6.45, 7) is 0. The van der Waals surface area contributed by atoms with Crippen molar-refractivity contribution in [2.24, 2.45) is 0 Å². The zero-order valence-electron chi connectivity index (χ0n) is 11.5. The Bertz CT molecular complexity index is 603. The molecule has 1 aliphatic heterocycles. The van der Waals surface area contributed by atoms with E-state index in [1.165, 1.54) is 0 Å². The Balaban J connectivity index is 1.90. The number of anilines is 1. The number of nitrogen functional groups attached to an aromatic ring is 1. The molecule has 0 aromatic carbocycles. The molecule has 1 aliphatic rings. The Labute approximate surface area is 121 Å². The summed E-state index contributed by atoms with van der Waals surface area (Å²) in [5.41, 5.74) is 8.03. The Morgan fingerprint density at radius 1 is 1.55 bits per heavy atom. The van der Waals surface area contributed by atoms with E-state index in [0.29, 0.717) is 5.69 Å². The second-order valence-corrected chi connectivity index (χ2v) is 5.73. The fourth-order valence-electron chi connectivity index (χ4n) is 2.60. The highest BCUT2D eigenvalue weighted by atomic mass is 32.2. The van der Waals surface area contributed by atoms with Crippen molar-refractivity contribution in [1.29, 1.82) is 0 Å². The number of nitrogens with zero attached hydrogens (tertiary/aromatic N) is 3. The fraction of sp³-hybridized carbons (Fsp3) is 0.538. The standard InChI is InChI=1S/C13H18N4O2S/c1-18-9-5-11(19-10(9)6-20-2)17-7-16-12-8(14)3-4-15-13(12)17/h3-4,7,9-11H,5-6H2,1-2H3,(H2,14,15)/t9?,10-,11-/m1/s1. The van der Waals surface area contributed by atoms with Gasteiger partial charge in [-0.05, 0) is 12.3 Å². The van der Waals surface area contributed by atoms with E-state index < -0.39 is 0 Å². The van der Waals surface area contributed by atoms with Crippen molar-refractivity contribution in [3.63, 3.8) is 0 Å². The molecule has 0 bridgehead atoms. The lowest BCUT2D eigenvalue weighted by molar-refractivity contribution is -0.0129. The molecular formula is C13H18N4O2S. The van der Waals surface area contributed by atoms with Crippen LogP contribution in [0, 0.1) is 0 Å². The third kappa shape index (κ3) is 2.25. The van der Waals surface area contributed by atoms with Crippen LogP contribution in [0.1, 0.15) is 12.6 Å². The molecule has 2 N–H and O–H groups in total. The van der Waals surface area contributed by atoms with Gasteiger partial charge in [-0.15, -0.1) is 0 Å². The predicted molar refractivity (Wildman–Crippen MR) is 79.6 cm³/mol. The minimum atomic E-state index is -0.101. The molecule has 20 heavy (non-hydrogen) atoms. The number of imidazole rings is 1. The molecule has 0 saturated carbocycles. The SMILES string of the molecule is COC1C[C@H](n2cnc3c(N)ccnc32)O[C@@H]1CSC. The van der Waals surface area contributed by atoms with Crippen LogP contribution >= 0.6 is 11.8 Å². The molecule has 0 radical (unpaired) electrons. The van der Waals surface area contributed by atoms with E-state index in [4.69, 9.17) is 15.2 Å². The second kappa shape index (κ2) is 5.59. The first-order valence-corrected chi connectivity index (χ1v) is 7.88. The van der Waals surface area contributed by atoms with E-state index in [1.807, 2.05) is 4.57 Å². The smallest absolute Gasteiger partial charge is 0.164 e. The lowest BCUT2D eigenvalue weighted by atomic mass is 10.2. The molecule has 1 fully saturated rings. The van der Waals surface area contributed by atoms with Gasteiger partial charge < -0.3 is 15.2 Å². The highest BCUT2D eigenvalue weighted by Gasteiger charge is 2.36. The predicted octanol–water partition coefficient (Wildman–Crippen LogP) is 1.68. The van der Waals surface area contributed by atoms with Gasteiger partial charge in [0, 0.05) is 25.5 Å². The van der Waals surface area contributed by atoms with Gasteiger partial charge in [0.25, 0.3) is 0 Å². The molecule has 3 heterocycles. The van der Waals surface area contributed by atoms with Crippen LogP contribution in [0.4, 0.5) is 5.69 Å². The molecular weight excluding hydrogens is 276 g/mol. The topological polar surface area (TPSA) is 75.2 Å². The van der Waals surface area contributed by atoms with Gasteiger partial charge in [-0.2, -0.15) is 11.8 Å². The Kier molecular flexibility index (Phi) is 3.82. The number of aromatic nitrogens is 3. The Morgan fingerprint density at radius 2 is 2.40 bits per heavy atom. The molecule has 7 heteroatoms. The van der Waals surface area contributed by atoms with E-state index in [-0.39, 0.29) is 18.4 Å². The number of nitrogens with two attached hydrogens (primary N) is 1. The molecule has 6 nitrogen and oxygen atoms in total. The normalized spacial score (nSPS) is 26.4. The summed E-state index contributed by atoms with van der Waals surface area (Å²) in [6.07, 6.45) is 6.40. The molecule has 3 rings (SSSR count). The number of thioether (sulfide) groups is 1. The lowest BCUT2D eigenvalue weighted by Gasteiger charge is -2.15. The second-order valence-electron chi connectivity index (χ2n) is 4.82. The zero-order chi connectivity index (χ0) is 14.1. The average Bonchev–Trinajstić information content (AvgIpc) is 3.03. The van der Waals surface area contributed by atoms with Crippen LogP contribution in [0.3, 0.4) is 0 Å². The van der Waals surface area contributed by atoms with Crippen molar-refractivity contribution in [3.8, 4) is 0 Å². The average molecular weight is 294 g/mol. The van der Waals surface area contributed by atoms with Gasteiger partial charge in [0.05, 0.1) is 24.2 Å². The molecule has 0 amide bonds. The Hall–Kier alpha value is -1.31. The van der Waals surface area contributed by atoms with Gasteiger partial charge in [0.1, 0.15) is 11.7 Å². The largest absolute Gasteiger partial charge is 0.397 e. The molecule has 2 aromatic rings. The lowest BCUT2D eigenvalue weighted by Crippen LogP contribution is -2.25. The van der Waals surface area contributed by atoms with Crippen molar-refractivity contribution in [2.75, 3.05) is 24.9 Å². The van der Waals surface area contributed by atoms with E-state index >= 15 is 0 Å². The van der Waals surface area contributed by atoms with Crippen molar-refractivity contribution in [3.05, 3.63) is 18.6 Å². The molecule has 0 aliphatic carbocycles. The zero-order valence-corrected chi connectivity index (χ0v) is 12.3. The van der Waals surface area contributed by atoms with Crippen LogP contribution in [-0.2, 0) is 9.47 Å². The summed E-state index contributed by atoms with van der Waals surface area (Å²) in [6, 6.07) is 1.75. The number of methoxy groups -OCH3 is 1. The van der Waals surface area contributed by atoms with Gasteiger partial charge >= 0.3 is 0 Å². The summed E-state index contributed by atoms with van der Waals surface area (Å²) in [7, 11) is 1.73. The van der Waals surface area contributed by atoms with Crippen LogP contribution in [0.2, 0.25) is 0 Å². The summed E-state index contributed by atoms with van der Waals surface area (Å²) in [5, 5.41) is 0. The third-order valence-corrected chi connectivity index (χ3v) is 4.28. The van der Waals surface area contributed by atoms with E-state index in [2.05, 4.69) is 16.2 Å². The van der Waals surface area contributed by atoms with E-state index in [1.54, 1.807) is 37.5 Å². The fourth-order valence-corrected chi connectivity index (χ4v) is 3.22. The monoisotopic (exact) mass is 294 g/mol. The van der Waals surface area contributed by atoms with Gasteiger partial charge in [0.2, 0.25) is 0 Å². The first-order valence-electron chi connectivity index (χ1n) is 6.48. The number of pyridine rings is 1. The van der Waals surface area contributed by atoms with Crippen LogP contribution in [0.5, 0.6) is 0 Å². The van der Waals surface area contributed by atoms with Gasteiger partial charge in [-0.1, -0.05) is 0 Å². The maximum atomic E-state index is 6.09. The van der Waals surface area contributed by atoms with Crippen molar-refractivity contribution < 1.29 is 9.47 Å². The maximum absolute atomic E-state index is 6.09. The highest BCUT2D eigenvalue weighted by molar-refractivity contribution is 7.98. The summed E-state index contributed by atoms with van der Waals surface area (Å²) in [5.74, 6) is 0.914. The molecule has 1 saturated heterocycles. The van der Waals surface area contributed by atoms with Crippen molar-refractivity contribution in [1.82, 2.24) is 14.5 Å². The van der Waals surface area contributed by atoms with Crippen LogP contribution in [-0.4, -0.2) is 45.9 Å². The summed E-state index contributed by atoms with van der Waals surface area (Å²) < 4.78 is 13.6. The summed E-state index contributed by atoms with van der Waals surface area (Å²) in [4.78, 5) is 8.70. The first-order chi connectivity index (χ1) is 9.74. The molecule has 1 unspecified atom stereocenters. The Morgan fingerprint density at radius 3 is 3.15 bits per heavy atom. The van der Waals surface area contributed by atoms with Crippen molar-refractivity contribution in [2.45, 2.75) is 24.9 Å². The first kappa shape index (κ1) is 13.7. The third-order valence-electron chi connectivity index (χ3n) is 3.62. The highest BCUT2D eigenvalue weighted by Crippen LogP contribution is 2.33. The number of hydrogen-bond acceptors (Lipinski definition) is 6. The molecule has 108 valence electrons. The number of rotatable bonds is 4. The van der Waals surface area contributed by atoms with E-state index in [0.717, 1.165) is 23.3 Å². The number of ether oxygens (including phenoxy) is 2.